The highest BCUT2D eigenvalue weighted by atomic mass is 32.2. The van der Waals surface area contributed by atoms with Crippen LogP contribution in [0.4, 0.5) is 0 Å². The van der Waals surface area contributed by atoms with E-state index in [1.807, 2.05) is 0 Å². The molecule has 0 unspecified atom stereocenters. The van der Waals surface area contributed by atoms with Crippen LogP contribution in [0.3, 0.4) is 0 Å². The second-order valence-electron chi connectivity index (χ2n) is 5.32. The molecule has 0 aliphatic carbocycles. The van der Waals surface area contributed by atoms with Crippen LogP contribution in [0.25, 0.3) is 0 Å². The molecule has 0 aromatic rings. The summed E-state index contributed by atoms with van der Waals surface area (Å²) in [5, 5.41) is 0. The first-order chi connectivity index (χ1) is 7.52. The molecule has 1 rings (SSSR count). The molecule has 1 aliphatic rings. The van der Waals surface area contributed by atoms with E-state index in [1.54, 1.807) is 0 Å². The predicted molar refractivity (Wildman–Crippen MR) is 82.9 cm³/mol. The topological polar surface area (TPSA) is 0 Å². The lowest BCUT2D eigenvalue weighted by atomic mass is 10.2. The van der Waals surface area contributed by atoms with E-state index in [1.165, 1.54) is 30.8 Å². The normalized spacial score (nSPS) is 20.0. The third-order valence-corrected chi connectivity index (χ3v) is 12.1. The lowest BCUT2D eigenvalue weighted by Gasteiger charge is -2.41. The van der Waals surface area contributed by atoms with Crippen LogP contribution in [0.5, 0.6) is 0 Å². The fraction of sp³-hybridized carbons (Fsp3) is 0.846. The first-order valence-electron chi connectivity index (χ1n) is 6.30. The molecule has 0 bridgehead atoms. The molecule has 16 heavy (non-hydrogen) atoms. The third kappa shape index (κ3) is 3.75. The minimum Gasteiger partial charge on any atom is -0.135 e. The van der Waals surface area contributed by atoms with Gasteiger partial charge >= 0.3 is 0 Å². The van der Waals surface area contributed by atoms with Crippen LogP contribution in [0.1, 0.15) is 32.6 Å². The average Bonchev–Trinajstić information content (AvgIpc) is 2.24. The van der Waals surface area contributed by atoms with Crippen LogP contribution in [0, 0.1) is 11.8 Å². The SMILES string of the molecule is CCCCC#CC1([Si](C)(C)C)SCCCS1. The number of hydrogen-bond donors (Lipinski definition) is 0. The zero-order valence-corrected chi connectivity index (χ0v) is 13.7. The van der Waals surface area contributed by atoms with Gasteiger partial charge in [0.05, 0.1) is 8.07 Å². The molecule has 1 aliphatic heterocycles. The summed E-state index contributed by atoms with van der Waals surface area (Å²) in [5.41, 5.74) is 0. The van der Waals surface area contributed by atoms with Gasteiger partial charge in [0.15, 0.2) is 0 Å². The molecule has 0 amide bonds. The van der Waals surface area contributed by atoms with E-state index < -0.39 is 8.07 Å². The van der Waals surface area contributed by atoms with Gasteiger partial charge in [-0.3, -0.25) is 0 Å². The van der Waals surface area contributed by atoms with E-state index in [9.17, 15) is 0 Å². The molecule has 0 radical (unpaired) electrons. The van der Waals surface area contributed by atoms with Crippen molar-refractivity contribution >= 4 is 31.6 Å². The molecule has 1 saturated heterocycles. The van der Waals surface area contributed by atoms with Crippen LogP contribution in [-0.2, 0) is 0 Å². The molecule has 0 aromatic carbocycles. The Morgan fingerprint density at radius 2 is 1.81 bits per heavy atom. The minimum absolute atomic E-state index is 0.277. The summed E-state index contributed by atoms with van der Waals surface area (Å²) in [7, 11) is -1.21. The molecule has 0 atom stereocenters. The van der Waals surface area contributed by atoms with Gasteiger partial charge in [-0.15, -0.1) is 29.4 Å². The van der Waals surface area contributed by atoms with Crippen molar-refractivity contribution in [2.45, 2.75) is 56.0 Å². The summed E-state index contributed by atoms with van der Waals surface area (Å²) in [6.45, 7) is 9.63. The summed E-state index contributed by atoms with van der Waals surface area (Å²) < 4.78 is 0.277. The Labute approximate surface area is 111 Å². The quantitative estimate of drug-likeness (QED) is 0.417. The molecule has 3 heteroatoms. The second-order valence-corrected chi connectivity index (χ2v) is 14.2. The van der Waals surface area contributed by atoms with Crippen molar-refractivity contribution < 1.29 is 0 Å². The molecule has 92 valence electrons. The van der Waals surface area contributed by atoms with Crippen molar-refractivity contribution in [1.82, 2.24) is 0 Å². The highest BCUT2D eigenvalue weighted by Crippen LogP contribution is 2.47. The van der Waals surface area contributed by atoms with Gasteiger partial charge in [-0.25, -0.2) is 0 Å². The maximum atomic E-state index is 3.65. The van der Waals surface area contributed by atoms with Crippen molar-refractivity contribution in [3.05, 3.63) is 0 Å². The van der Waals surface area contributed by atoms with Gasteiger partial charge in [-0.05, 0) is 24.3 Å². The van der Waals surface area contributed by atoms with E-state index in [0.717, 1.165) is 6.42 Å². The van der Waals surface area contributed by atoms with Crippen molar-refractivity contribution in [2.75, 3.05) is 11.5 Å². The van der Waals surface area contributed by atoms with Gasteiger partial charge in [0.25, 0.3) is 0 Å². The van der Waals surface area contributed by atoms with Crippen LogP contribution in [0.15, 0.2) is 0 Å². The minimum atomic E-state index is -1.21. The Balaban J connectivity index is 2.73. The smallest absolute Gasteiger partial charge is 0.110 e. The average molecular weight is 273 g/mol. The molecular formula is C13H24S2Si. The summed E-state index contributed by atoms with van der Waals surface area (Å²) in [5.74, 6) is 9.70. The predicted octanol–water partition coefficient (Wildman–Crippen LogP) is 4.62. The zero-order chi connectivity index (χ0) is 12.1. The van der Waals surface area contributed by atoms with Gasteiger partial charge in [0, 0.05) is 6.42 Å². The number of unbranched alkanes of at least 4 members (excludes halogenated alkanes) is 2. The Morgan fingerprint density at radius 3 is 2.31 bits per heavy atom. The van der Waals surface area contributed by atoms with Crippen molar-refractivity contribution in [3.8, 4) is 11.8 Å². The van der Waals surface area contributed by atoms with E-state index in [2.05, 4.69) is 61.9 Å². The Kier molecular flexibility index (Phi) is 5.83. The molecule has 1 fully saturated rings. The first kappa shape index (κ1) is 14.5. The van der Waals surface area contributed by atoms with Gasteiger partial charge in [-0.2, -0.15) is 0 Å². The maximum absolute atomic E-state index is 3.65. The van der Waals surface area contributed by atoms with E-state index in [0.29, 0.717) is 0 Å². The van der Waals surface area contributed by atoms with Crippen molar-refractivity contribution in [2.24, 2.45) is 0 Å². The zero-order valence-electron chi connectivity index (χ0n) is 11.1. The lowest BCUT2D eigenvalue weighted by Crippen LogP contribution is -2.47. The van der Waals surface area contributed by atoms with Gasteiger partial charge in [0.1, 0.15) is 3.70 Å². The molecule has 0 aromatic heterocycles. The lowest BCUT2D eigenvalue weighted by molar-refractivity contribution is 0.827. The maximum Gasteiger partial charge on any atom is 0.110 e. The van der Waals surface area contributed by atoms with E-state index >= 15 is 0 Å². The van der Waals surface area contributed by atoms with Crippen LogP contribution in [0.2, 0.25) is 19.6 Å². The summed E-state index contributed by atoms with van der Waals surface area (Å²) in [6, 6.07) is 0. The number of hydrogen-bond acceptors (Lipinski definition) is 2. The molecular weight excluding hydrogens is 248 g/mol. The molecule has 0 nitrogen and oxygen atoms in total. The van der Waals surface area contributed by atoms with Crippen molar-refractivity contribution in [1.29, 1.82) is 0 Å². The summed E-state index contributed by atoms with van der Waals surface area (Å²) in [6.07, 6.45) is 4.96. The van der Waals surface area contributed by atoms with Gasteiger partial charge < -0.3 is 0 Å². The Hall–Kier alpha value is 0.477. The van der Waals surface area contributed by atoms with Crippen LogP contribution < -0.4 is 0 Å². The van der Waals surface area contributed by atoms with Crippen LogP contribution >= 0.6 is 23.5 Å². The number of thioether (sulfide) groups is 2. The standard InChI is InChI=1S/C13H24S2Si/c1-5-6-7-8-10-13(16(2,3)4)14-11-9-12-15-13/h5-7,9,11-12H2,1-4H3. The Morgan fingerprint density at radius 1 is 1.19 bits per heavy atom. The van der Waals surface area contributed by atoms with Gasteiger partial charge in [0.2, 0.25) is 0 Å². The first-order valence-corrected chi connectivity index (χ1v) is 11.8. The highest BCUT2D eigenvalue weighted by molar-refractivity contribution is 8.21. The molecule has 0 spiro atoms. The monoisotopic (exact) mass is 272 g/mol. The van der Waals surface area contributed by atoms with Gasteiger partial charge in [-0.1, -0.05) is 38.9 Å². The van der Waals surface area contributed by atoms with Crippen LogP contribution in [-0.4, -0.2) is 23.3 Å². The molecule has 0 N–H and O–H groups in total. The summed E-state index contributed by atoms with van der Waals surface area (Å²) >= 11 is 4.25. The van der Waals surface area contributed by atoms with E-state index in [4.69, 9.17) is 0 Å². The van der Waals surface area contributed by atoms with E-state index in [-0.39, 0.29) is 3.70 Å². The fourth-order valence-electron chi connectivity index (χ4n) is 1.67. The molecule has 0 saturated carbocycles. The third-order valence-electron chi connectivity index (χ3n) is 2.79. The largest absolute Gasteiger partial charge is 0.135 e. The van der Waals surface area contributed by atoms with Crippen molar-refractivity contribution in [3.63, 3.8) is 0 Å². The highest BCUT2D eigenvalue weighted by Gasteiger charge is 2.44. The number of rotatable bonds is 3. The fourth-order valence-corrected chi connectivity index (χ4v) is 8.67. The molecule has 1 heterocycles. The Bertz CT molecular complexity index is 264. The summed E-state index contributed by atoms with van der Waals surface area (Å²) in [4.78, 5) is 0. The second kappa shape index (κ2) is 6.42.